The van der Waals surface area contributed by atoms with Crippen LogP contribution in [0.25, 0.3) is 0 Å². The first-order valence-electron chi connectivity index (χ1n) is 6.66. The number of nitrogens with zero attached hydrogens (tertiary/aromatic N) is 2. The lowest BCUT2D eigenvalue weighted by molar-refractivity contribution is -0.385. The van der Waals surface area contributed by atoms with Crippen LogP contribution in [0.4, 0.5) is 5.69 Å². The molecule has 0 unspecified atom stereocenters. The van der Waals surface area contributed by atoms with Crippen molar-refractivity contribution in [2.75, 3.05) is 13.7 Å². The zero-order valence-corrected chi connectivity index (χ0v) is 11.6. The number of ether oxygens (including phenoxy) is 1. The Labute approximate surface area is 122 Å². The molecule has 0 bridgehead atoms. The molecule has 1 heterocycles. The van der Waals surface area contributed by atoms with Gasteiger partial charge in [-0.2, -0.15) is 0 Å². The third-order valence-electron chi connectivity index (χ3n) is 3.57. The van der Waals surface area contributed by atoms with Gasteiger partial charge in [0, 0.05) is 18.2 Å². The summed E-state index contributed by atoms with van der Waals surface area (Å²) >= 11 is 0. The SMILES string of the molecule is COc1ccc2c(c1)CCN=C2c1ccccc1[N+](=O)[O-]. The fourth-order valence-corrected chi connectivity index (χ4v) is 2.57. The number of para-hydroxylation sites is 1. The third kappa shape index (κ3) is 2.38. The number of benzene rings is 2. The molecule has 1 aliphatic heterocycles. The van der Waals surface area contributed by atoms with Crippen molar-refractivity contribution >= 4 is 11.4 Å². The van der Waals surface area contributed by atoms with Crippen molar-refractivity contribution in [2.24, 2.45) is 4.99 Å². The van der Waals surface area contributed by atoms with Gasteiger partial charge in [0.25, 0.3) is 5.69 Å². The van der Waals surface area contributed by atoms with Gasteiger partial charge in [0.05, 0.1) is 23.3 Å². The predicted octanol–water partition coefficient (Wildman–Crippen LogP) is 3.00. The van der Waals surface area contributed by atoms with E-state index in [1.165, 1.54) is 6.07 Å². The molecule has 0 radical (unpaired) electrons. The maximum atomic E-state index is 11.2. The number of methoxy groups -OCH3 is 1. The Morgan fingerprint density at radius 3 is 2.76 bits per heavy atom. The van der Waals surface area contributed by atoms with Gasteiger partial charge in [-0.25, -0.2) is 0 Å². The molecule has 0 saturated heterocycles. The van der Waals surface area contributed by atoms with Crippen molar-refractivity contribution in [1.82, 2.24) is 0 Å². The van der Waals surface area contributed by atoms with Crippen LogP contribution in [0.15, 0.2) is 47.5 Å². The van der Waals surface area contributed by atoms with Gasteiger partial charge >= 0.3 is 0 Å². The summed E-state index contributed by atoms with van der Waals surface area (Å²) in [5.41, 5.74) is 3.38. The van der Waals surface area contributed by atoms with Gasteiger partial charge in [-0.1, -0.05) is 12.1 Å². The van der Waals surface area contributed by atoms with Crippen molar-refractivity contribution < 1.29 is 9.66 Å². The molecule has 21 heavy (non-hydrogen) atoms. The topological polar surface area (TPSA) is 64.7 Å². The van der Waals surface area contributed by atoms with Crippen LogP contribution < -0.4 is 4.74 Å². The van der Waals surface area contributed by atoms with Crippen LogP contribution in [-0.2, 0) is 6.42 Å². The summed E-state index contributed by atoms with van der Waals surface area (Å²) in [6, 6.07) is 12.5. The number of rotatable bonds is 3. The van der Waals surface area contributed by atoms with E-state index in [1.807, 2.05) is 18.2 Å². The molecule has 3 rings (SSSR count). The molecular formula is C16H14N2O3. The van der Waals surface area contributed by atoms with E-state index in [2.05, 4.69) is 4.99 Å². The number of hydrogen-bond acceptors (Lipinski definition) is 4. The van der Waals surface area contributed by atoms with E-state index in [9.17, 15) is 10.1 Å². The molecular weight excluding hydrogens is 268 g/mol. The molecule has 0 saturated carbocycles. The lowest BCUT2D eigenvalue weighted by Crippen LogP contribution is -2.15. The molecule has 0 aliphatic carbocycles. The lowest BCUT2D eigenvalue weighted by atomic mass is 9.92. The van der Waals surface area contributed by atoms with E-state index in [0.29, 0.717) is 17.8 Å². The molecule has 0 amide bonds. The van der Waals surface area contributed by atoms with Crippen molar-refractivity contribution in [3.8, 4) is 5.75 Å². The maximum absolute atomic E-state index is 11.2. The van der Waals surface area contributed by atoms with Crippen molar-refractivity contribution in [3.05, 3.63) is 69.3 Å². The smallest absolute Gasteiger partial charge is 0.278 e. The fraction of sp³-hybridized carbons (Fsp3) is 0.188. The van der Waals surface area contributed by atoms with E-state index in [0.717, 1.165) is 23.3 Å². The van der Waals surface area contributed by atoms with Crippen LogP contribution in [0.5, 0.6) is 5.75 Å². The first-order valence-corrected chi connectivity index (χ1v) is 6.66. The van der Waals surface area contributed by atoms with Crippen LogP contribution in [0.2, 0.25) is 0 Å². The summed E-state index contributed by atoms with van der Waals surface area (Å²) in [7, 11) is 1.63. The monoisotopic (exact) mass is 282 g/mol. The van der Waals surface area contributed by atoms with E-state index >= 15 is 0 Å². The molecule has 2 aromatic carbocycles. The van der Waals surface area contributed by atoms with Gasteiger partial charge in [-0.05, 0) is 36.2 Å². The molecule has 106 valence electrons. The van der Waals surface area contributed by atoms with E-state index in [4.69, 9.17) is 4.74 Å². The first kappa shape index (κ1) is 13.3. The lowest BCUT2D eigenvalue weighted by Gasteiger charge is -2.18. The Morgan fingerprint density at radius 2 is 2.00 bits per heavy atom. The van der Waals surface area contributed by atoms with Crippen LogP contribution >= 0.6 is 0 Å². The van der Waals surface area contributed by atoms with Crippen LogP contribution in [0, 0.1) is 10.1 Å². The molecule has 0 spiro atoms. The Kier molecular flexibility index (Phi) is 3.39. The minimum Gasteiger partial charge on any atom is -0.497 e. The van der Waals surface area contributed by atoms with Crippen LogP contribution in [0.3, 0.4) is 0 Å². The molecule has 0 aromatic heterocycles. The highest BCUT2D eigenvalue weighted by atomic mass is 16.6. The van der Waals surface area contributed by atoms with Gasteiger partial charge in [-0.3, -0.25) is 15.1 Å². The number of fused-ring (bicyclic) bond motifs is 1. The van der Waals surface area contributed by atoms with Crippen LogP contribution in [0.1, 0.15) is 16.7 Å². The Morgan fingerprint density at radius 1 is 1.19 bits per heavy atom. The van der Waals surface area contributed by atoms with E-state index in [-0.39, 0.29) is 10.6 Å². The average Bonchev–Trinajstić information content (AvgIpc) is 2.53. The number of aliphatic imine (C=N–C) groups is 1. The molecule has 0 fully saturated rings. The van der Waals surface area contributed by atoms with E-state index < -0.39 is 0 Å². The minimum atomic E-state index is -0.365. The summed E-state index contributed by atoms with van der Waals surface area (Å²) in [6.07, 6.45) is 0.816. The van der Waals surface area contributed by atoms with Gasteiger partial charge < -0.3 is 4.74 Å². The Hall–Kier alpha value is -2.69. The zero-order chi connectivity index (χ0) is 14.8. The quantitative estimate of drug-likeness (QED) is 0.642. The van der Waals surface area contributed by atoms with Crippen molar-refractivity contribution in [3.63, 3.8) is 0 Å². The number of nitro groups is 1. The van der Waals surface area contributed by atoms with Crippen molar-refractivity contribution in [1.29, 1.82) is 0 Å². The maximum Gasteiger partial charge on any atom is 0.278 e. The van der Waals surface area contributed by atoms with Gasteiger partial charge in [0.2, 0.25) is 0 Å². The third-order valence-corrected chi connectivity index (χ3v) is 3.57. The van der Waals surface area contributed by atoms with Crippen molar-refractivity contribution in [2.45, 2.75) is 6.42 Å². The standard InChI is InChI=1S/C16H14N2O3/c1-21-12-6-7-13-11(10-12)8-9-17-16(13)14-4-2-3-5-15(14)18(19)20/h2-7,10H,8-9H2,1H3. The number of nitro benzene ring substituents is 1. The normalized spacial score (nSPS) is 13.3. The first-order chi connectivity index (χ1) is 10.2. The molecule has 2 aromatic rings. The Bertz CT molecular complexity index is 738. The van der Waals surface area contributed by atoms with Crippen LogP contribution in [-0.4, -0.2) is 24.3 Å². The minimum absolute atomic E-state index is 0.0833. The molecule has 0 atom stereocenters. The second kappa shape index (κ2) is 5.36. The highest BCUT2D eigenvalue weighted by molar-refractivity contribution is 6.16. The van der Waals surface area contributed by atoms with E-state index in [1.54, 1.807) is 25.3 Å². The predicted molar refractivity (Wildman–Crippen MR) is 80.3 cm³/mol. The summed E-state index contributed by atoms with van der Waals surface area (Å²) in [5, 5.41) is 11.2. The molecule has 1 aliphatic rings. The van der Waals surface area contributed by atoms with Gasteiger partial charge in [0.1, 0.15) is 5.75 Å². The molecule has 5 heteroatoms. The second-order valence-corrected chi connectivity index (χ2v) is 4.78. The molecule has 5 nitrogen and oxygen atoms in total. The highest BCUT2D eigenvalue weighted by Crippen LogP contribution is 2.28. The summed E-state index contributed by atoms with van der Waals surface area (Å²) in [6.45, 7) is 0.627. The highest BCUT2D eigenvalue weighted by Gasteiger charge is 2.23. The second-order valence-electron chi connectivity index (χ2n) is 4.78. The number of hydrogen-bond donors (Lipinski definition) is 0. The Balaban J connectivity index is 2.14. The molecule has 0 N–H and O–H groups in total. The largest absolute Gasteiger partial charge is 0.497 e. The summed E-state index contributed by atoms with van der Waals surface area (Å²) in [4.78, 5) is 15.4. The summed E-state index contributed by atoms with van der Waals surface area (Å²) < 4.78 is 5.24. The zero-order valence-electron chi connectivity index (χ0n) is 11.6. The fourth-order valence-electron chi connectivity index (χ4n) is 2.57. The summed E-state index contributed by atoms with van der Waals surface area (Å²) in [5.74, 6) is 0.789. The van der Waals surface area contributed by atoms with Gasteiger partial charge in [0.15, 0.2) is 0 Å². The van der Waals surface area contributed by atoms with Gasteiger partial charge in [-0.15, -0.1) is 0 Å². The average molecular weight is 282 g/mol.